The van der Waals surface area contributed by atoms with Gasteiger partial charge in [0.1, 0.15) is 5.75 Å². The van der Waals surface area contributed by atoms with Gasteiger partial charge in [-0.25, -0.2) is 4.98 Å². The molecule has 0 saturated heterocycles. The van der Waals surface area contributed by atoms with E-state index < -0.39 is 0 Å². The van der Waals surface area contributed by atoms with E-state index in [4.69, 9.17) is 16.3 Å². The highest BCUT2D eigenvalue weighted by Gasteiger charge is 2.02. The number of unbranched alkanes of at least 4 members (excludes halogenated alkanes) is 2. The quantitative estimate of drug-likeness (QED) is 0.413. The number of halogens is 1. The molecule has 0 atom stereocenters. The minimum atomic E-state index is 0.602. The average molecular weight is 338 g/mol. The van der Waals surface area contributed by atoms with Gasteiger partial charge in [0.25, 0.3) is 0 Å². The second-order valence-corrected chi connectivity index (χ2v) is 6.17. The number of hydrogen-bond acceptors (Lipinski definition) is 5. The Labute approximate surface area is 140 Å². The van der Waals surface area contributed by atoms with E-state index in [1.807, 2.05) is 30.5 Å². The minimum absolute atomic E-state index is 0.602. The van der Waals surface area contributed by atoms with Crippen molar-refractivity contribution in [3.63, 3.8) is 0 Å². The van der Waals surface area contributed by atoms with Gasteiger partial charge in [0, 0.05) is 5.38 Å². The molecule has 0 fully saturated rings. The number of rotatable bonds is 8. The Bertz CT molecular complexity index is 628. The van der Waals surface area contributed by atoms with Crippen molar-refractivity contribution in [2.45, 2.75) is 33.1 Å². The molecule has 0 bridgehead atoms. The number of hydrogen-bond donors (Lipinski definition) is 1. The number of nitrogens with zero attached hydrogens (tertiary/aromatic N) is 2. The van der Waals surface area contributed by atoms with Crippen molar-refractivity contribution < 1.29 is 4.74 Å². The van der Waals surface area contributed by atoms with Crippen LogP contribution in [0.3, 0.4) is 0 Å². The fraction of sp³-hybridized carbons (Fsp3) is 0.375. The van der Waals surface area contributed by atoms with Gasteiger partial charge < -0.3 is 4.74 Å². The fourth-order valence-corrected chi connectivity index (χ4v) is 2.70. The topological polar surface area (TPSA) is 46.5 Å². The number of hydrazone groups is 1. The summed E-state index contributed by atoms with van der Waals surface area (Å²) in [7, 11) is 0. The molecule has 0 aliphatic carbocycles. The Balaban J connectivity index is 1.88. The Kier molecular flexibility index (Phi) is 6.68. The van der Waals surface area contributed by atoms with Crippen molar-refractivity contribution in [2.24, 2.45) is 5.10 Å². The summed E-state index contributed by atoms with van der Waals surface area (Å²) in [5, 5.41) is 7.50. The van der Waals surface area contributed by atoms with E-state index in [0.29, 0.717) is 11.6 Å². The molecule has 0 spiro atoms. The van der Waals surface area contributed by atoms with Gasteiger partial charge in [0.2, 0.25) is 5.13 Å². The zero-order chi connectivity index (χ0) is 15.8. The van der Waals surface area contributed by atoms with Crippen molar-refractivity contribution in [1.82, 2.24) is 4.98 Å². The summed E-state index contributed by atoms with van der Waals surface area (Å²) >= 11 is 7.75. The van der Waals surface area contributed by atoms with Crippen LogP contribution in [0.4, 0.5) is 5.13 Å². The van der Waals surface area contributed by atoms with Gasteiger partial charge in [-0.05, 0) is 37.1 Å². The van der Waals surface area contributed by atoms with Crippen molar-refractivity contribution in [3.8, 4) is 5.75 Å². The van der Waals surface area contributed by atoms with E-state index >= 15 is 0 Å². The van der Waals surface area contributed by atoms with Gasteiger partial charge >= 0.3 is 0 Å². The smallest absolute Gasteiger partial charge is 0.203 e. The second-order valence-electron chi connectivity index (χ2n) is 4.91. The Morgan fingerprint density at radius 1 is 1.41 bits per heavy atom. The zero-order valence-corrected chi connectivity index (χ0v) is 14.4. The van der Waals surface area contributed by atoms with E-state index in [-0.39, 0.29) is 0 Å². The molecule has 1 N–H and O–H groups in total. The van der Waals surface area contributed by atoms with E-state index in [0.717, 1.165) is 28.6 Å². The third kappa shape index (κ3) is 5.31. The zero-order valence-electron chi connectivity index (χ0n) is 12.8. The maximum absolute atomic E-state index is 6.22. The first-order chi connectivity index (χ1) is 10.7. The van der Waals surface area contributed by atoms with Gasteiger partial charge in [0.15, 0.2) is 0 Å². The molecular formula is C16H20ClN3OS. The van der Waals surface area contributed by atoms with Gasteiger partial charge in [-0.15, -0.1) is 11.3 Å². The van der Waals surface area contributed by atoms with E-state index in [9.17, 15) is 0 Å². The molecular weight excluding hydrogens is 318 g/mol. The number of aromatic nitrogens is 1. The summed E-state index contributed by atoms with van der Waals surface area (Å²) in [5.41, 5.74) is 4.79. The molecule has 4 nitrogen and oxygen atoms in total. The van der Waals surface area contributed by atoms with Gasteiger partial charge in [0.05, 0.1) is 23.5 Å². The molecule has 0 saturated carbocycles. The predicted octanol–water partition coefficient (Wildman–Crippen LogP) is 5.12. The van der Waals surface area contributed by atoms with Crippen molar-refractivity contribution in [1.29, 1.82) is 0 Å². The number of thiazole rings is 1. The van der Waals surface area contributed by atoms with Crippen LogP contribution in [0.5, 0.6) is 5.75 Å². The molecule has 22 heavy (non-hydrogen) atoms. The highest BCUT2D eigenvalue weighted by atomic mass is 35.5. The predicted molar refractivity (Wildman–Crippen MR) is 94.5 cm³/mol. The number of aryl methyl sites for hydroxylation is 1. The summed E-state index contributed by atoms with van der Waals surface area (Å²) in [6.07, 6.45) is 5.11. The molecule has 0 aliphatic rings. The summed E-state index contributed by atoms with van der Waals surface area (Å²) in [4.78, 5) is 4.27. The molecule has 0 aliphatic heterocycles. The van der Waals surface area contributed by atoms with Crippen LogP contribution >= 0.6 is 22.9 Å². The number of nitrogens with one attached hydrogen (secondary N) is 1. The van der Waals surface area contributed by atoms with Crippen LogP contribution in [-0.4, -0.2) is 17.8 Å². The van der Waals surface area contributed by atoms with E-state index in [1.165, 1.54) is 24.2 Å². The van der Waals surface area contributed by atoms with Crippen LogP contribution in [0.1, 0.15) is 37.4 Å². The fourth-order valence-electron chi connectivity index (χ4n) is 1.82. The van der Waals surface area contributed by atoms with Crippen LogP contribution in [-0.2, 0) is 0 Å². The lowest BCUT2D eigenvalue weighted by Crippen LogP contribution is -1.98. The summed E-state index contributed by atoms with van der Waals surface area (Å²) < 4.78 is 5.67. The van der Waals surface area contributed by atoms with Gasteiger partial charge in [-0.3, -0.25) is 5.43 Å². The second kappa shape index (κ2) is 8.76. The SMILES string of the molecule is CCCCCOc1ccc(C=NNc2nc(C)cs2)cc1Cl. The molecule has 6 heteroatoms. The molecule has 0 unspecified atom stereocenters. The number of ether oxygens (including phenoxy) is 1. The first kappa shape index (κ1) is 16.8. The first-order valence-electron chi connectivity index (χ1n) is 7.32. The molecule has 1 aromatic heterocycles. The summed E-state index contributed by atoms with van der Waals surface area (Å²) in [5.74, 6) is 0.721. The van der Waals surface area contributed by atoms with Crippen LogP contribution in [0.15, 0.2) is 28.7 Å². The standard InChI is InChI=1S/C16H20ClN3OS/c1-3-4-5-8-21-15-7-6-13(9-14(15)17)10-18-20-16-19-12(2)11-22-16/h6-7,9-11H,3-5,8H2,1-2H3,(H,19,20). The maximum Gasteiger partial charge on any atom is 0.203 e. The lowest BCUT2D eigenvalue weighted by Gasteiger charge is -2.08. The molecule has 118 valence electrons. The van der Waals surface area contributed by atoms with Crippen molar-refractivity contribution in [3.05, 3.63) is 39.9 Å². The lowest BCUT2D eigenvalue weighted by atomic mass is 10.2. The first-order valence-corrected chi connectivity index (χ1v) is 8.58. The van der Waals surface area contributed by atoms with Crippen LogP contribution in [0.25, 0.3) is 0 Å². The third-order valence-electron chi connectivity index (χ3n) is 2.95. The number of anilines is 1. The van der Waals surface area contributed by atoms with Crippen LogP contribution < -0.4 is 10.2 Å². The molecule has 1 aromatic carbocycles. The highest BCUT2D eigenvalue weighted by Crippen LogP contribution is 2.25. The van der Waals surface area contributed by atoms with Crippen LogP contribution in [0, 0.1) is 6.92 Å². The Morgan fingerprint density at radius 3 is 2.95 bits per heavy atom. The van der Waals surface area contributed by atoms with Crippen LogP contribution in [0.2, 0.25) is 5.02 Å². The monoisotopic (exact) mass is 337 g/mol. The Hall–Kier alpha value is -1.59. The van der Waals surface area contributed by atoms with E-state index in [2.05, 4.69) is 22.4 Å². The molecule has 2 aromatic rings. The molecule has 2 rings (SSSR count). The average Bonchev–Trinajstić information content (AvgIpc) is 2.91. The summed E-state index contributed by atoms with van der Waals surface area (Å²) in [6.45, 7) is 4.82. The van der Waals surface area contributed by atoms with Crippen molar-refractivity contribution in [2.75, 3.05) is 12.0 Å². The van der Waals surface area contributed by atoms with E-state index in [1.54, 1.807) is 6.21 Å². The highest BCUT2D eigenvalue weighted by molar-refractivity contribution is 7.13. The van der Waals surface area contributed by atoms with Crippen molar-refractivity contribution >= 4 is 34.3 Å². The third-order valence-corrected chi connectivity index (χ3v) is 4.11. The summed E-state index contributed by atoms with van der Waals surface area (Å²) in [6, 6.07) is 5.65. The lowest BCUT2D eigenvalue weighted by molar-refractivity contribution is 0.306. The largest absolute Gasteiger partial charge is 0.492 e. The Morgan fingerprint density at radius 2 is 2.27 bits per heavy atom. The number of benzene rings is 1. The molecule has 0 amide bonds. The maximum atomic E-state index is 6.22. The normalized spacial score (nSPS) is 11.0. The van der Waals surface area contributed by atoms with Gasteiger partial charge in [-0.2, -0.15) is 5.10 Å². The minimum Gasteiger partial charge on any atom is -0.492 e. The molecule has 0 radical (unpaired) electrons. The molecule has 1 heterocycles. The van der Waals surface area contributed by atoms with Gasteiger partial charge in [-0.1, -0.05) is 31.4 Å².